The molecule has 0 spiro atoms. The van der Waals surface area contributed by atoms with Crippen LogP contribution < -0.4 is 4.90 Å². The number of rotatable bonds is 3. The maximum Gasteiger partial charge on any atom is 0.266 e. The van der Waals surface area contributed by atoms with Gasteiger partial charge in [0.05, 0.1) is 17.8 Å². The van der Waals surface area contributed by atoms with Crippen LogP contribution in [0.5, 0.6) is 0 Å². The summed E-state index contributed by atoms with van der Waals surface area (Å²) in [6.45, 7) is 1.76. The Bertz CT molecular complexity index is 923. The summed E-state index contributed by atoms with van der Waals surface area (Å²) < 4.78 is 28.8. The predicted octanol–water partition coefficient (Wildman–Crippen LogP) is 3.19. The van der Waals surface area contributed by atoms with Crippen LogP contribution in [-0.2, 0) is 4.79 Å². The van der Waals surface area contributed by atoms with Crippen molar-refractivity contribution in [2.24, 2.45) is 17.8 Å². The minimum absolute atomic E-state index is 0.0501. The molecule has 0 bridgehead atoms. The zero-order chi connectivity index (χ0) is 18.5. The molecule has 7 heteroatoms. The highest BCUT2D eigenvalue weighted by Gasteiger charge is 2.48. The van der Waals surface area contributed by atoms with E-state index in [0.29, 0.717) is 28.2 Å². The molecular formula is C19H18F2N4O. The van der Waals surface area contributed by atoms with Crippen LogP contribution in [0, 0.1) is 29.1 Å². The van der Waals surface area contributed by atoms with Gasteiger partial charge in [0.1, 0.15) is 22.9 Å². The topological polar surface area (TPSA) is 69.9 Å². The van der Waals surface area contributed by atoms with Crippen molar-refractivity contribution in [2.75, 3.05) is 18.0 Å². The van der Waals surface area contributed by atoms with Crippen LogP contribution in [0.4, 0.5) is 14.5 Å². The second-order valence-corrected chi connectivity index (χ2v) is 7.36. The molecule has 1 saturated heterocycles. The second kappa shape index (κ2) is 5.97. The summed E-state index contributed by atoms with van der Waals surface area (Å²) in [5, 5.41) is 9.23. The molecule has 4 rings (SSSR count). The van der Waals surface area contributed by atoms with Crippen LogP contribution >= 0.6 is 0 Å². The average molecular weight is 356 g/mol. The number of piperidine rings is 1. The first-order valence-electron chi connectivity index (χ1n) is 8.70. The molecule has 3 atom stereocenters. The number of hydrogen-bond acceptors (Lipinski definition) is 5. The maximum atomic E-state index is 14.4. The highest BCUT2D eigenvalue weighted by Crippen LogP contribution is 2.44. The number of nitriles is 1. The van der Waals surface area contributed by atoms with Gasteiger partial charge >= 0.3 is 0 Å². The SMILES string of the molecule is CC1CC1C(=O)C1CN(c2ccc(C#N)c3nccnc23)CC(F)(F)C1. The lowest BCUT2D eigenvalue weighted by Crippen LogP contribution is -2.49. The van der Waals surface area contributed by atoms with E-state index in [4.69, 9.17) is 0 Å². The number of halogens is 2. The van der Waals surface area contributed by atoms with Gasteiger partial charge in [-0.1, -0.05) is 6.92 Å². The third-order valence-electron chi connectivity index (χ3n) is 5.35. The molecule has 1 aliphatic carbocycles. The summed E-state index contributed by atoms with van der Waals surface area (Å²) in [7, 11) is 0. The minimum Gasteiger partial charge on any atom is -0.363 e. The first kappa shape index (κ1) is 16.8. The molecule has 2 aromatic rings. The van der Waals surface area contributed by atoms with E-state index in [0.717, 1.165) is 6.42 Å². The Morgan fingerprint density at radius 2 is 2.00 bits per heavy atom. The average Bonchev–Trinajstić information content (AvgIpc) is 3.35. The number of Topliss-reactive ketones (excluding diaryl/α,β-unsaturated/α-hetero) is 1. The molecule has 1 aromatic carbocycles. The molecule has 0 radical (unpaired) electrons. The van der Waals surface area contributed by atoms with Gasteiger partial charge in [-0.25, -0.2) is 8.78 Å². The number of nitrogens with zero attached hydrogens (tertiary/aromatic N) is 4. The third kappa shape index (κ3) is 2.90. The summed E-state index contributed by atoms with van der Waals surface area (Å²) in [5.74, 6) is -3.46. The molecule has 2 heterocycles. The summed E-state index contributed by atoms with van der Waals surface area (Å²) in [4.78, 5) is 22.5. The van der Waals surface area contributed by atoms with Crippen LogP contribution in [0.15, 0.2) is 24.5 Å². The summed E-state index contributed by atoms with van der Waals surface area (Å²) in [6.07, 6.45) is 3.35. The molecule has 26 heavy (non-hydrogen) atoms. The van der Waals surface area contributed by atoms with Crippen molar-refractivity contribution in [3.63, 3.8) is 0 Å². The Hall–Kier alpha value is -2.62. The van der Waals surface area contributed by atoms with Crippen molar-refractivity contribution in [3.05, 3.63) is 30.1 Å². The fourth-order valence-corrected chi connectivity index (χ4v) is 3.88. The largest absolute Gasteiger partial charge is 0.363 e. The Balaban J connectivity index is 1.72. The van der Waals surface area contributed by atoms with Crippen molar-refractivity contribution < 1.29 is 13.6 Å². The standard InChI is InChI=1S/C19H18F2N4O/c1-11-6-14(11)18(26)13-7-19(20,21)10-25(9-13)15-3-2-12(8-22)16-17(15)24-5-4-23-16/h2-5,11,13-14H,6-7,9-10H2,1H3. The third-order valence-corrected chi connectivity index (χ3v) is 5.35. The van der Waals surface area contributed by atoms with Gasteiger partial charge in [0.25, 0.3) is 5.92 Å². The lowest BCUT2D eigenvalue weighted by Gasteiger charge is -2.38. The van der Waals surface area contributed by atoms with Crippen LogP contribution in [0.1, 0.15) is 25.3 Å². The molecule has 2 fully saturated rings. The van der Waals surface area contributed by atoms with Crippen molar-refractivity contribution in [2.45, 2.75) is 25.7 Å². The first-order chi connectivity index (χ1) is 12.4. The van der Waals surface area contributed by atoms with E-state index in [1.54, 1.807) is 12.1 Å². The van der Waals surface area contributed by atoms with Crippen molar-refractivity contribution >= 4 is 22.5 Å². The number of aromatic nitrogens is 2. The molecule has 134 valence electrons. The molecule has 3 unspecified atom stereocenters. The smallest absolute Gasteiger partial charge is 0.266 e. The molecule has 0 N–H and O–H groups in total. The van der Waals surface area contributed by atoms with Crippen molar-refractivity contribution in [1.82, 2.24) is 9.97 Å². The number of fused-ring (bicyclic) bond motifs is 1. The molecule has 2 aliphatic rings. The van der Waals surface area contributed by atoms with Crippen LogP contribution in [0.3, 0.4) is 0 Å². The number of hydrogen-bond donors (Lipinski definition) is 0. The van der Waals surface area contributed by atoms with E-state index in [1.807, 2.05) is 13.0 Å². The molecule has 1 saturated carbocycles. The number of benzene rings is 1. The van der Waals surface area contributed by atoms with E-state index in [1.165, 1.54) is 17.3 Å². The van der Waals surface area contributed by atoms with Gasteiger partial charge in [0, 0.05) is 37.2 Å². The van der Waals surface area contributed by atoms with Crippen LogP contribution in [0.25, 0.3) is 11.0 Å². The highest BCUT2D eigenvalue weighted by atomic mass is 19.3. The van der Waals surface area contributed by atoms with E-state index in [2.05, 4.69) is 9.97 Å². The molecule has 5 nitrogen and oxygen atoms in total. The van der Waals surface area contributed by atoms with Gasteiger partial charge in [0.15, 0.2) is 0 Å². The van der Waals surface area contributed by atoms with E-state index in [9.17, 15) is 18.8 Å². The van der Waals surface area contributed by atoms with Gasteiger partial charge in [0.2, 0.25) is 0 Å². The number of carbonyl (C=O) groups excluding carboxylic acids is 1. The zero-order valence-corrected chi connectivity index (χ0v) is 14.3. The first-order valence-corrected chi connectivity index (χ1v) is 8.70. The summed E-state index contributed by atoms with van der Waals surface area (Å²) in [6, 6.07) is 5.24. The lowest BCUT2D eigenvalue weighted by molar-refractivity contribution is -0.129. The normalized spacial score (nSPS) is 27.2. The molecule has 1 aliphatic heterocycles. The predicted molar refractivity (Wildman–Crippen MR) is 91.8 cm³/mol. The molecular weight excluding hydrogens is 338 g/mol. The Labute approximate surface area is 149 Å². The number of anilines is 1. The second-order valence-electron chi connectivity index (χ2n) is 7.36. The Morgan fingerprint density at radius 1 is 1.31 bits per heavy atom. The highest BCUT2D eigenvalue weighted by molar-refractivity contribution is 5.93. The van der Waals surface area contributed by atoms with Gasteiger partial charge in [-0.2, -0.15) is 5.26 Å². The fraction of sp³-hybridized carbons (Fsp3) is 0.474. The van der Waals surface area contributed by atoms with Gasteiger partial charge < -0.3 is 4.90 Å². The van der Waals surface area contributed by atoms with E-state index >= 15 is 0 Å². The molecule has 1 aromatic heterocycles. The maximum absolute atomic E-state index is 14.4. The quantitative estimate of drug-likeness (QED) is 0.845. The van der Waals surface area contributed by atoms with Crippen LogP contribution in [0.2, 0.25) is 0 Å². The van der Waals surface area contributed by atoms with Crippen LogP contribution in [-0.4, -0.2) is 34.8 Å². The fourth-order valence-electron chi connectivity index (χ4n) is 3.88. The van der Waals surface area contributed by atoms with Crippen molar-refractivity contribution in [3.8, 4) is 6.07 Å². The van der Waals surface area contributed by atoms with Gasteiger partial charge in [-0.3, -0.25) is 14.8 Å². The van der Waals surface area contributed by atoms with Gasteiger partial charge in [-0.15, -0.1) is 0 Å². The number of carbonyl (C=O) groups is 1. The number of alkyl halides is 2. The van der Waals surface area contributed by atoms with E-state index < -0.39 is 24.8 Å². The monoisotopic (exact) mass is 356 g/mol. The minimum atomic E-state index is -2.95. The van der Waals surface area contributed by atoms with E-state index in [-0.39, 0.29) is 18.2 Å². The van der Waals surface area contributed by atoms with Gasteiger partial charge in [-0.05, 0) is 24.5 Å². The molecule has 0 amide bonds. The zero-order valence-electron chi connectivity index (χ0n) is 14.3. The summed E-state index contributed by atoms with van der Waals surface area (Å²) in [5.41, 5.74) is 1.64. The summed E-state index contributed by atoms with van der Waals surface area (Å²) >= 11 is 0. The Kier molecular flexibility index (Phi) is 3.87. The Morgan fingerprint density at radius 3 is 2.65 bits per heavy atom. The lowest BCUT2D eigenvalue weighted by atomic mass is 9.88. The van der Waals surface area contributed by atoms with Crippen molar-refractivity contribution in [1.29, 1.82) is 5.26 Å². The number of ketones is 1.